The molecule has 0 aromatic carbocycles. The van der Waals surface area contributed by atoms with Crippen LogP contribution in [0.4, 0.5) is 0 Å². The Kier molecular flexibility index (Phi) is 6.31. The number of amides is 2. The van der Waals surface area contributed by atoms with E-state index >= 15 is 0 Å². The summed E-state index contributed by atoms with van der Waals surface area (Å²) in [7, 11) is 0. The minimum Gasteiger partial charge on any atom is -0.349 e. The van der Waals surface area contributed by atoms with Crippen molar-refractivity contribution >= 4 is 37.1 Å². The maximum atomic E-state index is 12.0. The number of carbonyl (C=O) groups is 2. The van der Waals surface area contributed by atoms with Crippen molar-refractivity contribution in [2.24, 2.45) is 0 Å². The molecule has 2 N–H and O–H groups in total. The van der Waals surface area contributed by atoms with E-state index in [1.807, 2.05) is 27.7 Å². The van der Waals surface area contributed by atoms with E-state index < -0.39 is 0 Å². The Morgan fingerprint density at radius 1 is 0.955 bits per heavy atom. The fourth-order valence-electron chi connectivity index (χ4n) is 1.46. The Bertz CT molecular complexity index is 503. The third-order valence-electron chi connectivity index (χ3n) is 2.58. The van der Waals surface area contributed by atoms with E-state index in [2.05, 4.69) is 40.9 Å². The summed E-state index contributed by atoms with van der Waals surface area (Å²) in [6.45, 7) is 8.39. The van der Waals surface area contributed by atoms with Crippen molar-refractivity contribution in [2.75, 3.05) is 13.1 Å². The second kappa shape index (κ2) is 7.37. The van der Waals surface area contributed by atoms with Crippen LogP contribution in [0.5, 0.6) is 0 Å². The Morgan fingerprint density at radius 2 is 1.32 bits per heavy atom. The van der Waals surface area contributed by atoms with E-state index in [-0.39, 0.29) is 32.7 Å². The molecule has 1 aromatic rings. The number of hydrogen-bond donors (Lipinski definition) is 4. The van der Waals surface area contributed by atoms with Gasteiger partial charge in [-0.25, -0.2) is 4.98 Å². The van der Waals surface area contributed by atoms with Crippen LogP contribution in [-0.2, 0) is 0 Å². The van der Waals surface area contributed by atoms with Crippen LogP contribution in [0.1, 0.15) is 48.7 Å². The lowest BCUT2D eigenvalue weighted by atomic mass is 10.2. The lowest BCUT2D eigenvalue weighted by Crippen LogP contribution is -2.36. The van der Waals surface area contributed by atoms with E-state index in [0.29, 0.717) is 13.1 Å². The molecule has 0 spiro atoms. The predicted molar refractivity (Wildman–Crippen MR) is 95.0 cm³/mol. The number of aromatic nitrogens is 1. The summed E-state index contributed by atoms with van der Waals surface area (Å²) < 4.78 is -0.633. The highest BCUT2D eigenvalue weighted by Gasteiger charge is 2.17. The zero-order chi connectivity index (χ0) is 17.0. The van der Waals surface area contributed by atoms with Gasteiger partial charge in [-0.2, -0.15) is 25.3 Å². The molecule has 5 nitrogen and oxygen atoms in total. The molecule has 0 atom stereocenters. The van der Waals surface area contributed by atoms with Crippen LogP contribution in [0.15, 0.2) is 18.2 Å². The topological polar surface area (TPSA) is 71.1 Å². The number of rotatable bonds is 6. The molecule has 122 valence electrons. The Labute approximate surface area is 142 Å². The van der Waals surface area contributed by atoms with Gasteiger partial charge in [-0.05, 0) is 39.8 Å². The van der Waals surface area contributed by atoms with Crippen molar-refractivity contribution in [1.29, 1.82) is 0 Å². The zero-order valence-electron chi connectivity index (χ0n) is 13.3. The van der Waals surface area contributed by atoms with E-state index in [1.165, 1.54) is 0 Å². The molecule has 0 aliphatic carbocycles. The van der Waals surface area contributed by atoms with Crippen LogP contribution in [0, 0.1) is 0 Å². The van der Waals surface area contributed by atoms with Crippen molar-refractivity contribution < 1.29 is 9.59 Å². The SMILES string of the molecule is CC(C)(S)CNC(=O)c1cccc(C(=O)NCC(C)(C)S)n1. The number of carbonyl (C=O) groups excluding carboxylic acids is 2. The molecule has 0 aliphatic rings. The molecular weight excluding hydrogens is 318 g/mol. The van der Waals surface area contributed by atoms with Gasteiger partial charge in [0.15, 0.2) is 0 Å². The van der Waals surface area contributed by atoms with Gasteiger partial charge in [0.2, 0.25) is 0 Å². The van der Waals surface area contributed by atoms with Crippen molar-refractivity contribution in [3.8, 4) is 0 Å². The molecule has 1 heterocycles. The fourth-order valence-corrected chi connectivity index (χ4v) is 1.62. The first-order chi connectivity index (χ1) is 9.98. The number of thiol groups is 2. The summed E-state index contributed by atoms with van der Waals surface area (Å²) >= 11 is 8.69. The zero-order valence-corrected chi connectivity index (χ0v) is 15.1. The van der Waals surface area contributed by atoms with Gasteiger partial charge in [-0.15, -0.1) is 0 Å². The molecule has 0 saturated carbocycles. The minimum atomic E-state index is -0.327. The Balaban J connectivity index is 2.73. The van der Waals surface area contributed by atoms with Gasteiger partial charge in [0, 0.05) is 22.6 Å². The maximum Gasteiger partial charge on any atom is 0.269 e. The summed E-state index contributed by atoms with van der Waals surface area (Å²) in [6.07, 6.45) is 0. The smallest absolute Gasteiger partial charge is 0.269 e. The van der Waals surface area contributed by atoms with Crippen molar-refractivity contribution in [1.82, 2.24) is 15.6 Å². The number of nitrogens with one attached hydrogen (secondary N) is 2. The summed E-state index contributed by atoms with van der Waals surface area (Å²) in [6, 6.07) is 4.77. The molecule has 0 radical (unpaired) electrons. The summed E-state index contributed by atoms with van der Waals surface area (Å²) in [5.74, 6) is -0.655. The van der Waals surface area contributed by atoms with Crippen LogP contribution in [-0.4, -0.2) is 39.4 Å². The first kappa shape index (κ1) is 18.8. The van der Waals surface area contributed by atoms with Gasteiger partial charge in [0.25, 0.3) is 11.8 Å². The van der Waals surface area contributed by atoms with E-state index in [1.54, 1.807) is 18.2 Å². The summed E-state index contributed by atoms with van der Waals surface area (Å²) in [4.78, 5) is 28.2. The number of hydrogen-bond acceptors (Lipinski definition) is 5. The molecular formula is C15H23N3O2S2. The highest BCUT2D eigenvalue weighted by molar-refractivity contribution is 7.82. The van der Waals surface area contributed by atoms with Gasteiger partial charge >= 0.3 is 0 Å². The molecule has 0 fully saturated rings. The molecule has 1 rings (SSSR count). The van der Waals surface area contributed by atoms with Crippen molar-refractivity contribution in [2.45, 2.75) is 37.2 Å². The van der Waals surface area contributed by atoms with Gasteiger partial charge < -0.3 is 10.6 Å². The molecule has 0 unspecified atom stereocenters. The van der Waals surface area contributed by atoms with E-state index in [0.717, 1.165) is 0 Å². The van der Waals surface area contributed by atoms with Crippen LogP contribution in [0.25, 0.3) is 0 Å². The number of pyridine rings is 1. The summed E-state index contributed by atoms with van der Waals surface area (Å²) in [5, 5.41) is 5.48. The maximum absolute atomic E-state index is 12.0. The van der Waals surface area contributed by atoms with Gasteiger partial charge in [-0.3, -0.25) is 9.59 Å². The van der Waals surface area contributed by atoms with Crippen LogP contribution in [0.3, 0.4) is 0 Å². The third-order valence-corrected chi connectivity index (χ3v) is 2.89. The van der Waals surface area contributed by atoms with Crippen LogP contribution in [0.2, 0.25) is 0 Å². The van der Waals surface area contributed by atoms with E-state index in [9.17, 15) is 9.59 Å². The molecule has 7 heteroatoms. The summed E-state index contributed by atoms with van der Waals surface area (Å²) in [5.41, 5.74) is 0.408. The van der Waals surface area contributed by atoms with Crippen LogP contribution < -0.4 is 10.6 Å². The first-order valence-electron chi connectivity index (χ1n) is 6.96. The Morgan fingerprint density at radius 3 is 1.64 bits per heavy atom. The normalized spacial score (nSPS) is 11.9. The largest absolute Gasteiger partial charge is 0.349 e. The van der Waals surface area contributed by atoms with Gasteiger partial charge in [0.1, 0.15) is 11.4 Å². The van der Waals surface area contributed by atoms with Crippen molar-refractivity contribution in [3.63, 3.8) is 0 Å². The first-order valence-corrected chi connectivity index (χ1v) is 7.86. The molecule has 0 aliphatic heterocycles. The average Bonchev–Trinajstić information content (AvgIpc) is 2.40. The van der Waals surface area contributed by atoms with Crippen LogP contribution >= 0.6 is 25.3 Å². The molecule has 2 amide bonds. The standard InChI is InChI=1S/C15H23N3O2S2/c1-14(2,21)8-16-12(19)10-6-5-7-11(18-10)13(20)17-9-15(3,4)22/h5-7,21-22H,8-9H2,1-4H3,(H,16,19)(H,17,20). The van der Waals surface area contributed by atoms with Gasteiger partial charge in [0.05, 0.1) is 0 Å². The molecule has 22 heavy (non-hydrogen) atoms. The Hall–Kier alpha value is -1.21. The van der Waals surface area contributed by atoms with Crippen molar-refractivity contribution in [3.05, 3.63) is 29.6 Å². The quantitative estimate of drug-likeness (QED) is 0.598. The van der Waals surface area contributed by atoms with Gasteiger partial charge in [-0.1, -0.05) is 6.07 Å². The monoisotopic (exact) mass is 341 g/mol. The van der Waals surface area contributed by atoms with E-state index in [4.69, 9.17) is 0 Å². The molecule has 1 aromatic heterocycles. The second-order valence-corrected chi connectivity index (χ2v) is 8.82. The molecule has 0 saturated heterocycles. The molecule has 0 bridgehead atoms. The second-order valence-electron chi connectivity index (χ2n) is 6.40. The number of nitrogens with zero attached hydrogens (tertiary/aromatic N) is 1. The lowest BCUT2D eigenvalue weighted by molar-refractivity contribution is 0.0941. The minimum absolute atomic E-state index is 0.204. The fraction of sp³-hybridized carbons (Fsp3) is 0.533. The third kappa shape index (κ3) is 7.17. The average molecular weight is 342 g/mol. The highest BCUT2D eigenvalue weighted by atomic mass is 32.1. The predicted octanol–water partition coefficient (Wildman–Crippen LogP) is 1.96. The highest BCUT2D eigenvalue weighted by Crippen LogP contribution is 2.11. The lowest BCUT2D eigenvalue weighted by Gasteiger charge is -2.18.